The second-order valence-corrected chi connectivity index (χ2v) is 4.82. The summed E-state index contributed by atoms with van der Waals surface area (Å²) < 4.78 is 0. The van der Waals surface area contributed by atoms with E-state index < -0.39 is 0 Å². The van der Waals surface area contributed by atoms with Crippen LogP contribution in [0.15, 0.2) is 35.0 Å². The molecular formula is C12H16N4OS. The van der Waals surface area contributed by atoms with E-state index in [2.05, 4.69) is 10.3 Å². The largest absolute Gasteiger partial charge is 0.401 e. The molecule has 1 amide bonds. The summed E-state index contributed by atoms with van der Waals surface area (Å²) in [6.45, 7) is 0.377. The van der Waals surface area contributed by atoms with Crippen molar-refractivity contribution in [1.29, 1.82) is 0 Å². The number of amides is 1. The molecule has 0 spiro atoms. The Morgan fingerprint density at radius 2 is 2.28 bits per heavy atom. The maximum absolute atomic E-state index is 11.9. The van der Waals surface area contributed by atoms with Gasteiger partial charge in [-0.15, -0.1) is 0 Å². The fourth-order valence-corrected chi connectivity index (χ4v) is 2.07. The van der Waals surface area contributed by atoms with E-state index in [-0.39, 0.29) is 5.91 Å². The van der Waals surface area contributed by atoms with Crippen LogP contribution < -0.4 is 16.2 Å². The molecule has 5 N–H and O–H groups in total. The van der Waals surface area contributed by atoms with Gasteiger partial charge in [0.25, 0.3) is 5.91 Å². The molecule has 18 heavy (non-hydrogen) atoms. The van der Waals surface area contributed by atoms with Crippen molar-refractivity contribution < 1.29 is 4.79 Å². The molecule has 5 nitrogen and oxygen atoms in total. The van der Waals surface area contributed by atoms with E-state index in [0.717, 1.165) is 30.5 Å². The number of nitrogens with two attached hydrogens (primary N) is 2. The molecule has 1 heterocycles. The molecule has 0 unspecified atom stereocenters. The summed E-state index contributed by atoms with van der Waals surface area (Å²) >= 11 is 0.912. The highest BCUT2D eigenvalue weighted by atomic mass is 32.2. The zero-order valence-electron chi connectivity index (χ0n) is 9.93. The second-order valence-electron chi connectivity index (χ2n) is 4.18. The number of aromatic nitrogens is 1. The number of hydrogen-bond acceptors (Lipinski definition) is 5. The molecule has 2 rings (SSSR count). The smallest absolute Gasteiger partial charge is 0.261 e. The first kappa shape index (κ1) is 12.9. The third-order valence-corrected chi connectivity index (χ3v) is 3.42. The van der Waals surface area contributed by atoms with Crippen LogP contribution in [-0.2, 0) is 11.3 Å². The van der Waals surface area contributed by atoms with Crippen LogP contribution in [0.2, 0.25) is 0 Å². The number of carbonyl (C=O) groups is 1. The zero-order valence-corrected chi connectivity index (χ0v) is 10.7. The summed E-state index contributed by atoms with van der Waals surface area (Å²) in [4.78, 5) is 16.5. The van der Waals surface area contributed by atoms with Crippen LogP contribution in [0.5, 0.6) is 0 Å². The van der Waals surface area contributed by atoms with Crippen molar-refractivity contribution in [2.45, 2.75) is 19.4 Å². The summed E-state index contributed by atoms with van der Waals surface area (Å²) in [5.41, 5.74) is 7.32. The fourth-order valence-electron chi connectivity index (χ4n) is 1.59. The first-order chi connectivity index (χ1) is 8.72. The van der Waals surface area contributed by atoms with Crippen LogP contribution in [0.1, 0.15) is 18.5 Å². The molecule has 1 aliphatic carbocycles. The minimum absolute atomic E-state index is 0.224. The minimum Gasteiger partial charge on any atom is -0.401 e. The van der Waals surface area contributed by atoms with Gasteiger partial charge in [0.2, 0.25) is 0 Å². The van der Waals surface area contributed by atoms with Crippen molar-refractivity contribution in [3.05, 3.63) is 40.7 Å². The number of carbonyl (C=O) groups excluding carboxylic acids is 1. The van der Waals surface area contributed by atoms with Gasteiger partial charge in [0.15, 0.2) is 0 Å². The molecule has 0 radical (unpaired) electrons. The molecule has 1 fully saturated rings. The lowest BCUT2D eigenvalue weighted by atomic mass is 10.2. The number of allylic oxidation sites excluding steroid dienone is 1. The maximum Gasteiger partial charge on any atom is 0.261 e. The lowest BCUT2D eigenvalue weighted by Gasteiger charge is -2.09. The van der Waals surface area contributed by atoms with E-state index in [0.29, 0.717) is 23.1 Å². The van der Waals surface area contributed by atoms with Crippen molar-refractivity contribution in [3.8, 4) is 0 Å². The SMILES string of the molecule is NS/C(C(=O)NCc1ccccn1)=C(\N)C1CC1. The molecule has 0 bridgehead atoms. The van der Waals surface area contributed by atoms with Gasteiger partial charge < -0.3 is 11.1 Å². The first-order valence-corrected chi connectivity index (χ1v) is 6.65. The molecule has 0 aromatic carbocycles. The normalized spacial score (nSPS) is 16.1. The number of nitrogens with zero attached hydrogens (tertiary/aromatic N) is 1. The lowest BCUT2D eigenvalue weighted by Crippen LogP contribution is -2.27. The van der Waals surface area contributed by atoms with Crippen LogP contribution in [0.4, 0.5) is 0 Å². The highest BCUT2D eigenvalue weighted by Crippen LogP contribution is 2.36. The van der Waals surface area contributed by atoms with Gasteiger partial charge in [0.05, 0.1) is 12.2 Å². The van der Waals surface area contributed by atoms with Crippen molar-refractivity contribution >= 4 is 17.9 Å². The Morgan fingerprint density at radius 1 is 1.50 bits per heavy atom. The number of nitrogens with one attached hydrogen (secondary N) is 1. The van der Waals surface area contributed by atoms with Gasteiger partial charge in [-0.05, 0) is 42.8 Å². The van der Waals surface area contributed by atoms with E-state index in [1.807, 2.05) is 18.2 Å². The van der Waals surface area contributed by atoms with Crippen molar-refractivity contribution in [2.24, 2.45) is 16.8 Å². The second kappa shape index (κ2) is 5.88. The molecule has 1 aliphatic rings. The summed E-state index contributed by atoms with van der Waals surface area (Å²) in [7, 11) is 0. The standard InChI is InChI=1S/C12H16N4OS/c13-10(8-4-5-8)11(18-14)12(17)16-7-9-3-1-2-6-15-9/h1-3,6,8H,4-5,7,13-14H2,(H,16,17)/b11-10-. The predicted molar refractivity (Wildman–Crippen MR) is 71.8 cm³/mol. The molecule has 1 aromatic heterocycles. The van der Waals surface area contributed by atoms with Crippen molar-refractivity contribution in [3.63, 3.8) is 0 Å². The van der Waals surface area contributed by atoms with E-state index in [9.17, 15) is 4.79 Å². The Bertz CT molecular complexity index is 456. The molecular weight excluding hydrogens is 248 g/mol. The van der Waals surface area contributed by atoms with E-state index in [4.69, 9.17) is 10.9 Å². The van der Waals surface area contributed by atoms with Gasteiger partial charge >= 0.3 is 0 Å². The Kier molecular flexibility index (Phi) is 4.22. The third kappa shape index (κ3) is 3.24. The zero-order chi connectivity index (χ0) is 13.0. The number of hydrogen-bond donors (Lipinski definition) is 3. The molecule has 1 aromatic rings. The quantitative estimate of drug-likeness (QED) is 0.542. The monoisotopic (exact) mass is 264 g/mol. The summed E-state index contributed by atoms with van der Waals surface area (Å²) in [6.07, 6.45) is 3.78. The Balaban J connectivity index is 1.96. The average Bonchev–Trinajstić information content (AvgIpc) is 3.22. The molecule has 0 aliphatic heterocycles. The van der Waals surface area contributed by atoms with Gasteiger partial charge in [-0.1, -0.05) is 6.07 Å². The van der Waals surface area contributed by atoms with E-state index >= 15 is 0 Å². The average molecular weight is 264 g/mol. The van der Waals surface area contributed by atoms with E-state index in [1.54, 1.807) is 6.20 Å². The van der Waals surface area contributed by atoms with Gasteiger partial charge in [-0.3, -0.25) is 14.9 Å². The van der Waals surface area contributed by atoms with Gasteiger partial charge in [0, 0.05) is 11.9 Å². The van der Waals surface area contributed by atoms with Crippen LogP contribution in [0.25, 0.3) is 0 Å². The van der Waals surface area contributed by atoms with Crippen LogP contribution in [0, 0.1) is 5.92 Å². The Morgan fingerprint density at radius 3 is 2.83 bits per heavy atom. The fraction of sp³-hybridized carbons (Fsp3) is 0.333. The third-order valence-electron chi connectivity index (χ3n) is 2.76. The van der Waals surface area contributed by atoms with E-state index in [1.165, 1.54) is 0 Å². The van der Waals surface area contributed by atoms with Gasteiger partial charge in [-0.25, -0.2) is 0 Å². The van der Waals surface area contributed by atoms with Crippen LogP contribution in [0.3, 0.4) is 0 Å². The van der Waals surface area contributed by atoms with Gasteiger partial charge in [0.1, 0.15) is 4.91 Å². The van der Waals surface area contributed by atoms with Gasteiger partial charge in [-0.2, -0.15) is 0 Å². The molecule has 6 heteroatoms. The predicted octanol–water partition coefficient (Wildman–Crippen LogP) is 0.885. The van der Waals surface area contributed by atoms with Crippen molar-refractivity contribution in [1.82, 2.24) is 10.3 Å². The maximum atomic E-state index is 11.9. The Labute approximate surface area is 110 Å². The molecule has 0 saturated heterocycles. The summed E-state index contributed by atoms with van der Waals surface area (Å²) in [5.74, 6) is 0.106. The first-order valence-electron chi connectivity index (χ1n) is 5.77. The Hall–Kier alpha value is -1.53. The number of rotatable bonds is 5. The van der Waals surface area contributed by atoms with Crippen LogP contribution in [-0.4, -0.2) is 10.9 Å². The molecule has 0 atom stereocenters. The highest BCUT2D eigenvalue weighted by Gasteiger charge is 2.28. The van der Waals surface area contributed by atoms with Crippen molar-refractivity contribution in [2.75, 3.05) is 0 Å². The minimum atomic E-state index is -0.224. The summed E-state index contributed by atoms with van der Waals surface area (Å²) in [6, 6.07) is 5.56. The summed E-state index contributed by atoms with van der Waals surface area (Å²) in [5, 5.41) is 8.28. The van der Waals surface area contributed by atoms with Crippen LogP contribution >= 0.6 is 11.9 Å². The molecule has 1 saturated carbocycles. The lowest BCUT2D eigenvalue weighted by molar-refractivity contribution is -0.117. The topological polar surface area (TPSA) is 94.0 Å². The molecule has 96 valence electrons. The number of pyridine rings is 1. The highest BCUT2D eigenvalue weighted by molar-refractivity contribution is 8.01.